The molecule has 0 bridgehead atoms. The van der Waals surface area contributed by atoms with E-state index in [1.165, 1.54) is 118 Å². The van der Waals surface area contributed by atoms with Crippen LogP contribution in [0.4, 0.5) is 0 Å². The molecule has 56 heavy (non-hydrogen) atoms. The summed E-state index contributed by atoms with van der Waals surface area (Å²) in [4.78, 5) is 0. The second kappa shape index (κ2) is 12.1. The van der Waals surface area contributed by atoms with E-state index in [-0.39, 0.29) is 0 Å². The topological polar surface area (TPSA) is 0 Å². The zero-order valence-corrected chi connectivity index (χ0v) is 30.6. The molecule has 0 unspecified atom stereocenters. The summed E-state index contributed by atoms with van der Waals surface area (Å²) in [5.74, 6) is 0. The molecule has 0 radical (unpaired) electrons. The van der Waals surface area contributed by atoms with E-state index in [2.05, 4.69) is 206 Å². The van der Waals surface area contributed by atoms with Crippen LogP contribution in [0, 0.1) is 0 Å². The highest BCUT2D eigenvalue weighted by atomic mass is 14.2. The molecule has 0 aromatic heterocycles. The van der Waals surface area contributed by atoms with Crippen LogP contribution in [-0.2, 0) is 0 Å². The van der Waals surface area contributed by atoms with Crippen molar-refractivity contribution in [2.24, 2.45) is 0 Å². The summed E-state index contributed by atoms with van der Waals surface area (Å²) in [5, 5.41) is 28.9. The van der Waals surface area contributed by atoms with E-state index in [4.69, 9.17) is 0 Å². The summed E-state index contributed by atoms with van der Waals surface area (Å²) in [6.45, 7) is 0. The Morgan fingerprint density at radius 2 is 0.286 bits per heavy atom. The zero-order valence-electron chi connectivity index (χ0n) is 30.6. The van der Waals surface area contributed by atoms with E-state index in [1.54, 1.807) is 0 Å². The summed E-state index contributed by atoms with van der Waals surface area (Å²) >= 11 is 0. The highest BCUT2D eigenvalue weighted by Gasteiger charge is 2.12. The van der Waals surface area contributed by atoms with Crippen LogP contribution in [0.5, 0.6) is 0 Å². The van der Waals surface area contributed by atoms with Crippen LogP contribution in [0.2, 0.25) is 0 Å². The van der Waals surface area contributed by atoms with Gasteiger partial charge in [0.1, 0.15) is 0 Å². The van der Waals surface area contributed by atoms with Crippen molar-refractivity contribution in [3.8, 4) is 0 Å². The van der Waals surface area contributed by atoms with Crippen LogP contribution >= 0.6 is 0 Å². The Morgan fingerprint density at radius 3 is 0.536 bits per heavy atom. The van der Waals surface area contributed by atoms with Crippen LogP contribution in [0.15, 0.2) is 206 Å². The van der Waals surface area contributed by atoms with Crippen molar-refractivity contribution in [1.82, 2.24) is 0 Å². The lowest BCUT2D eigenvalue weighted by molar-refractivity contribution is 1.78. The van der Waals surface area contributed by atoms with E-state index >= 15 is 0 Å². The molecule has 0 heteroatoms. The van der Waals surface area contributed by atoms with Crippen molar-refractivity contribution in [1.29, 1.82) is 0 Å². The van der Waals surface area contributed by atoms with Crippen molar-refractivity contribution in [2.75, 3.05) is 0 Å². The molecular weight excluding hydrogens is 673 g/mol. The smallest absolute Gasteiger partial charge is 0.00923 e. The standard InChI is InChI=1S/C30H18.C26H16/c1-2-8-20-14-24-18-30-28(17-23(24)13-19(20)7-1)26-12-6-5-11-25(26)27-15-21-9-3-4-10-22(21)16-29(27)30;1-2-8-18-14-20-16-26-24-12-6-4-10-22(24)21-9-3-5-11-23(21)25(26)15-19(20)13-17(18)7-1/h1-18H;1-16H. The van der Waals surface area contributed by atoms with Gasteiger partial charge in [0.05, 0.1) is 0 Å². The van der Waals surface area contributed by atoms with Crippen LogP contribution in [0.25, 0.3) is 118 Å². The minimum absolute atomic E-state index is 1.29. The van der Waals surface area contributed by atoms with Gasteiger partial charge in [0, 0.05) is 0 Å². The first kappa shape index (κ1) is 31.1. The third-order valence-corrected chi connectivity index (χ3v) is 12.1. The first-order chi connectivity index (χ1) is 27.7. The zero-order chi connectivity index (χ0) is 36.7. The molecule has 0 heterocycles. The monoisotopic (exact) mass is 706 g/mol. The van der Waals surface area contributed by atoms with Crippen molar-refractivity contribution < 1.29 is 0 Å². The molecular formula is C56H34. The van der Waals surface area contributed by atoms with Crippen molar-refractivity contribution in [3.05, 3.63) is 206 Å². The van der Waals surface area contributed by atoms with E-state index in [0.29, 0.717) is 0 Å². The Kier molecular flexibility index (Phi) is 6.73. The van der Waals surface area contributed by atoms with Gasteiger partial charge in [0.15, 0.2) is 0 Å². The molecule has 0 saturated carbocycles. The molecule has 0 saturated heterocycles. The second-order valence-electron chi connectivity index (χ2n) is 15.3. The molecule has 0 atom stereocenters. The predicted octanol–water partition coefficient (Wildman–Crippen LogP) is 16.1. The summed E-state index contributed by atoms with van der Waals surface area (Å²) < 4.78 is 0. The first-order valence-electron chi connectivity index (χ1n) is 19.5. The summed E-state index contributed by atoms with van der Waals surface area (Å²) in [7, 11) is 0. The lowest BCUT2D eigenvalue weighted by Crippen LogP contribution is -1.85. The second-order valence-corrected chi connectivity index (χ2v) is 15.3. The highest BCUT2D eigenvalue weighted by Crippen LogP contribution is 2.40. The lowest BCUT2D eigenvalue weighted by Gasteiger charge is -2.13. The molecule has 258 valence electrons. The van der Waals surface area contributed by atoms with Gasteiger partial charge in [0.25, 0.3) is 0 Å². The van der Waals surface area contributed by atoms with Gasteiger partial charge in [-0.1, -0.05) is 146 Å². The van der Waals surface area contributed by atoms with Crippen molar-refractivity contribution in [3.63, 3.8) is 0 Å². The lowest BCUT2D eigenvalue weighted by atomic mass is 9.90. The molecule has 0 fully saturated rings. The van der Waals surface area contributed by atoms with Gasteiger partial charge in [-0.15, -0.1) is 0 Å². The average molecular weight is 707 g/mol. The molecule has 13 aromatic rings. The fourth-order valence-electron chi connectivity index (χ4n) is 9.42. The summed E-state index contributed by atoms with van der Waals surface area (Å²) in [6, 6.07) is 75.7. The van der Waals surface area contributed by atoms with Crippen LogP contribution in [0.1, 0.15) is 0 Å². The maximum Gasteiger partial charge on any atom is -0.00923 e. The first-order valence-corrected chi connectivity index (χ1v) is 19.5. The Bertz CT molecular complexity index is 3640. The van der Waals surface area contributed by atoms with Gasteiger partial charge < -0.3 is 0 Å². The molecule has 0 aliphatic carbocycles. The number of hydrogen-bond acceptors (Lipinski definition) is 0. The van der Waals surface area contributed by atoms with E-state index in [9.17, 15) is 0 Å². The van der Waals surface area contributed by atoms with E-state index in [0.717, 1.165) is 0 Å². The predicted molar refractivity (Wildman–Crippen MR) is 245 cm³/mol. The third kappa shape index (κ3) is 4.79. The molecule has 0 spiro atoms. The molecule has 0 N–H and O–H groups in total. The quantitative estimate of drug-likeness (QED) is 0.109. The number of benzene rings is 13. The minimum atomic E-state index is 1.29. The van der Waals surface area contributed by atoms with Crippen molar-refractivity contribution >= 4 is 118 Å². The Hall–Kier alpha value is -7.28. The van der Waals surface area contributed by atoms with Gasteiger partial charge in [0.2, 0.25) is 0 Å². The molecule has 0 aliphatic heterocycles. The minimum Gasteiger partial charge on any atom is -0.0616 e. The highest BCUT2D eigenvalue weighted by molar-refractivity contribution is 6.30. The molecule has 13 aromatic carbocycles. The normalized spacial score (nSPS) is 11.9. The third-order valence-electron chi connectivity index (χ3n) is 12.1. The van der Waals surface area contributed by atoms with Gasteiger partial charge in [-0.25, -0.2) is 0 Å². The fraction of sp³-hybridized carbons (Fsp3) is 0. The van der Waals surface area contributed by atoms with Gasteiger partial charge in [-0.2, -0.15) is 0 Å². The molecule has 0 nitrogen and oxygen atoms in total. The molecule has 0 aliphatic rings. The Balaban J connectivity index is 0.000000125. The van der Waals surface area contributed by atoms with E-state index < -0.39 is 0 Å². The number of rotatable bonds is 0. The molecule has 0 amide bonds. The van der Waals surface area contributed by atoms with Gasteiger partial charge in [-0.05, 0) is 179 Å². The largest absolute Gasteiger partial charge is 0.0616 e. The maximum atomic E-state index is 2.39. The number of hydrogen-bond donors (Lipinski definition) is 0. The maximum absolute atomic E-state index is 2.39. The van der Waals surface area contributed by atoms with Crippen LogP contribution in [0.3, 0.4) is 0 Å². The van der Waals surface area contributed by atoms with Gasteiger partial charge in [-0.3, -0.25) is 0 Å². The summed E-state index contributed by atoms with van der Waals surface area (Å²) in [6.07, 6.45) is 0. The van der Waals surface area contributed by atoms with Crippen molar-refractivity contribution in [2.45, 2.75) is 0 Å². The SMILES string of the molecule is c1ccc2cc3cc4c(cc3cc2c1)c1ccccc1c1cc2ccccc2cc14.c1ccc2cc3cc4c5ccccc5c5ccccc5c4cc3cc2c1. The van der Waals surface area contributed by atoms with E-state index in [1.807, 2.05) is 0 Å². The Morgan fingerprint density at radius 1 is 0.125 bits per heavy atom. The van der Waals surface area contributed by atoms with Gasteiger partial charge >= 0.3 is 0 Å². The average Bonchev–Trinajstić information content (AvgIpc) is 3.26. The molecule has 13 rings (SSSR count). The summed E-state index contributed by atoms with van der Waals surface area (Å²) in [5.41, 5.74) is 0. The fourth-order valence-corrected chi connectivity index (χ4v) is 9.42. The number of fused-ring (bicyclic) bond motifs is 17. The van der Waals surface area contributed by atoms with Crippen LogP contribution in [-0.4, -0.2) is 0 Å². The van der Waals surface area contributed by atoms with Crippen LogP contribution < -0.4 is 0 Å². The Labute approximate surface area is 323 Å².